The van der Waals surface area contributed by atoms with Gasteiger partial charge in [0, 0.05) is 5.56 Å². The monoisotopic (exact) mass is 414 g/mol. The van der Waals surface area contributed by atoms with Gasteiger partial charge in [-0.1, -0.05) is 74.5 Å². The van der Waals surface area contributed by atoms with Crippen LogP contribution in [-0.2, 0) is 6.61 Å². The summed E-state index contributed by atoms with van der Waals surface area (Å²) in [5, 5.41) is 0. The smallest absolute Gasteiger partial charge is 0.269 e. The predicted octanol–water partition coefficient (Wildman–Crippen LogP) is 5.91. The average molecular weight is 415 g/mol. The topological polar surface area (TPSA) is 50.4 Å². The number of ether oxygens (including phenoxy) is 1. The fourth-order valence-electron chi connectivity index (χ4n) is 3.19. The van der Waals surface area contributed by atoms with Crippen LogP contribution in [0.3, 0.4) is 0 Å². The molecule has 0 aliphatic heterocycles. The number of nitrogens with one attached hydrogen (secondary N) is 2. The zero-order valence-corrected chi connectivity index (χ0v) is 18.7. The Morgan fingerprint density at radius 3 is 2.13 bits per heavy atom. The Kier molecular flexibility index (Phi) is 7.14. The van der Waals surface area contributed by atoms with Gasteiger partial charge in [0.05, 0.1) is 5.70 Å². The van der Waals surface area contributed by atoms with E-state index in [9.17, 15) is 4.79 Å². The SMILES string of the molecule is C=C(NNC(=O)c1ccc(COc2cc(C)ccc2C(C)C)cc1)c1ccc(C)cc1. The zero-order chi connectivity index (χ0) is 22.4. The van der Waals surface area contributed by atoms with Gasteiger partial charge in [-0.05, 0) is 60.2 Å². The molecule has 3 rings (SSSR count). The molecule has 0 bridgehead atoms. The summed E-state index contributed by atoms with van der Waals surface area (Å²) in [5.74, 6) is 1.08. The summed E-state index contributed by atoms with van der Waals surface area (Å²) >= 11 is 0. The Balaban J connectivity index is 1.56. The standard InChI is InChI=1S/C27H30N2O2/c1-18(2)25-15-8-20(4)16-26(25)31-17-22-9-13-24(14-10-22)27(30)29-28-21(5)23-11-6-19(3)7-12-23/h6-16,18,28H,5,17H2,1-4H3,(H,29,30). The van der Waals surface area contributed by atoms with Gasteiger partial charge in [0.25, 0.3) is 5.91 Å². The van der Waals surface area contributed by atoms with Crippen molar-refractivity contribution in [2.75, 3.05) is 0 Å². The fraction of sp³-hybridized carbons (Fsp3) is 0.222. The number of hydrogen-bond acceptors (Lipinski definition) is 3. The number of aryl methyl sites for hydroxylation is 2. The molecule has 0 aliphatic rings. The van der Waals surface area contributed by atoms with E-state index in [1.54, 1.807) is 12.1 Å². The lowest BCUT2D eigenvalue weighted by molar-refractivity contribution is 0.0942. The molecule has 0 heterocycles. The van der Waals surface area contributed by atoms with Crippen LogP contribution >= 0.6 is 0 Å². The molecule has 1 amide bonds. The number of benzene rings is 3. The van der Waals surface area contributed by atoms with Gasteiger partial charge in [0.15, 0.2) is 0 Å². The van der Waals surface area contributed by atoms with E-state index in [2.05, 4.69) is 56.4 Å². The molecule has 31 heavy (non-hydrogen) atoms. The van der Waals surface area contributed by atoms with Crippen LogP contribution in [0.4, 0.5) is 0 Å². The average Bonchev–Trinajstić information content (AvgIpc) is 2.76. The molecule has 0 unspecified atom stereocenters. The highest BCUT2D eigenvalue weighted by Gasteiger charge is 2.10. The number of carbonyl (C=O) groups is 1. The van der Waals surface area contributed by atoms with Gasteiger partial charge in [-0.25, -0.2) is 0 Å². The summed E-state index contributed by atoms with van der Waals surface area (Å²) in [6, 6.07) is 21.7. The second-order valence-corrected chi connectivity index (χ2v) is 8.11. The van der Waals surface area contributed by atoms with Crippen molar-refractivity contribution in [3.05, 3.63) is 107 Å². The molecule has 2 N–H and O–H groups in total. The summed E-state index contributed by atoms with van der Waals surface area (Å²) in [6.45, 7) is 12.8. The van der Waals surface area contributed by atoms with Crippen LogP contribution in [0.2, 0.25) is 0 Å². The summed E-state index contributed by atoms with van der Waals surface area (Å²) in [5.41, 5.74) is 12.2. The lowest BCUT2D eigenvalue weighted by atomic mass is 10.0. The van der Waals surface area contributed by atoms with Crippen LogP contribution < -0.4 is 15.6 Å². The van der Waals surface area contributed by atoms with Gasteiger partial charge in [-0.2, -0.15) is 0 Å². The van der Waals surface area contributed by atoms with Crippen molar-refractivity contribution in [2.24, 2.45) is 0 Å². The number of rotatable bonds is 8. The van der Waals surface area contributed by atoms with E-state index >= 15 is 0 Å². The van der Waals surface area contributed by atoms with Crippen molar-refractivity contribution < 1.29 is 9.53 Å². The van der Waals surface area contributed by atoms with E-state index in [1.165, 1.54) is 16.7 Å². The maximum Gasteiger partial charge on any atom is 0.269 e. The summed E-state index contributed by atoms with van der Waals surface area (Å²) in [6.07, 6.45) is 0. The van der Waals surface area contributed by atoms with Crippen LogP contribution in [-0.4, -0.2) is 5.91 Å². The van der Waals surface area contributed by atoms with Gasteiger partial charge >= 0.3 is 0 Å². The molecule has 0 atom stereocenters. The molecule has 0 radical (unpaired) electrons. The van der Waals surface area contributed by atoms with Gasteiger partial charge in [0.1, 0.15) is 12.4 Å². The number of hydrogen-bond donors (Lipinski definition) is 2. The normalized spacial score (nSPS) is 10.6. The maximum absolute atomic E-state index is 12.4. The zero-order valence-electron chi connectivity index (χ0n) is 18.7. The highest BCUT2D eigenvalue weighted by Crippen LogP contribution is 2.28. The van der Waals surface area contributed by atoms with Crippen molar-refractivity contribution in [2.45, 2.75) is 40.2 Å². The number of hydrazine groups is 1. The molecule has 0 fully saturated rings. The van der Waals surface area contributed by atoms with Gasteiger partial charge in [-0.3, -0.25) is 15.6 Å². The highest BCUT2D eigenvalue weighted by molar-refractivity contribution is 5.94. The summed E-state index contributed by atoms with van der Waals surface area (Å²) in [7, 11) is 0. The molecular weight excluding hydrogens is 384 g/mol. The van der Waals surface area contributed by atoms with E-state index in [0.29, 0.717) is 23.8 Å². The lowest BCUT2D eigenvalue weighted by Gasteiger charge is -2.15. The maximum atomic E-state index is 12.4. The minimum absolute atomic E-state index is 0.221. The van der Waals surface area contributed by atoms with Crippen molar-refractivity contribution in [1.82, 2.24) is 10.9 Å². The molecule has 0 aromatic heterocycles. The van der Waals surface area contributed by atoms with Crippen LogP contribution in [0.1, 0.15) is 57.9 Å². The Morgan fingerprint density at radius 1 is 0.871 bits per heavy atom. The van der Waals surface area contributed by atoms with Crippen LogP contribution in [0.25, 0.3) is 5.70 Å². The highest BCUT2D eigenvalue weighted by atomic mass is 16.5. The molecule has 0 aliphatic carbocycles. The largest absolute Gasteiger partial charge is 0.489 e. The molecule has 0 saturated heterocycles. The summed E-state index contributed by atoms with van der Waals surface area (Å²) in [4.78, 5) is 12.4. The molecule has 160 valence electrons. The first-order valence-electron chi connectivity index (χ1n) is 10.5. The van der Waals surface area contributed by atoms with E-state index in [0.717, 1.165) is 16.9 Å². The Labute approximate surface area is 184 Å². The van der Waals surface area contributed by atoms with Gasteiger partial charge in [-0.15, -0.1) is 0 Å². The number of carbonyl (C=O) groups excluding carboxylic acids is 1. The third-order valence-corrected chi connectivity index (χ3v) is 5.13. The number of amides is 1. The Bertz CT molecular complexity index is 1050. The third-order valence-electron chi connectivity index (χ3n) is 5.13. The third kappa shape index (κ3) is 5.98. The molecule has 0 spiro atoms. The van der Waals surface area contributed by atoms with Gasteiger partial charge in [0.2, 0.25) is 0 Å². The van der Waals surface area contributed by atoms with Crippen molar-refractivity contribution in [3.63, 3.8) is 0 Å². The van der Waals surface area contributed by atoms with E-state index in [-0.39, 0.29) is 5.91 Å². The van der Waals surface area contributed by atoms with Crippen molar-refractivity contribution >= 4 is 11.6 Å². The second-order valence-electron chi connectivity index (χ2n) is 8.11. The first-order valence-corrected chi connectivity index (χ1v) is 10.5. The summed E-state index contributed by atoms with van der Waals surface area (Å²) < 4.78 is 6.08. The van der Waals surface area contributed by atoms with Crippen molar-refractivity contribution in [3.8, 4) is 5.75 Å². The lowest BCUT2D eigenvalue weighted by Crippen LogP contribution is -2.35. The van der Waals surface area contributed by atoms with E-state index in [4.69, 9.17) is 4.74 Å². The van der Waals surface area contributed by atoms with Gasteiger partial charge < -0.3 is 4.74 Å². The molecule has 4 heteroatoms. The quantitative estimate of drug-likeness (QED) is 0.451. The fourth-order valence-corrected chi connectivity index (χ4v) is 3.19. The molecule has 3 aromatic carbocycles. The molecule has 4 nitrogen and oxygen atoms in total. The first-order chi connectivity index (χ1) is 14.8. The predicted molar refractivity (Wildman–Crippen MR) is 127 cm³/mol. The van der Waals surface area contributed by atoms with Crippen molar-refractivity contribution in [1.29, 1.82) is 0 Å². The van der Waals surface area contributed by atoms with Crippen LogP contribution in [0.15, 0.2) is 73.3 Å². The van der Waals surface area contributed by atoms with Crippen LogP contribution in [0, 0.1) is 13.8 Å². The minimum atomic E-state index is -0.221. The van der Waals surface area contributed by atoms with E-state index in [1.807, 2.05) is 43.3 Å². The molecule has 0 saturated carbocycles. The van der Waals surface area contributed by atoms with E-state index < -0.39 is 0 Å². The Hall–Kier alpha value is -3.53. The van der Waals surface area contributed by atoms with Crippen LogP contribution in [0.5, 0.6) is 5.75 Å². The second kappa shape index (κ2) is 9.98. The minimum Gasteiger partial charge on any atom is -0.489 e. The first kappa shape index (κ1) is 22.2. The Morgan fingerprint density at radius 2 is 1.48 bits per heavy atom. The molecular formula is C27H30N2O2. The molecule has 3 aromatic rings.